The Bertz CT molecular complexity index is 537. The summed E-state index contributed by atoms with van der Waals surface area (Å²) in [6.45, 7) is 5.65. The van der Waals surface area contributed by atoms with Crippen LogP contribution in [0.1, 0.15) is 65.2 Å². The van der Waals surface area contributed by atoms with Crippen LogP contribution in [0.2, 0.25) is 0 Å². The van der Waals surface area contributed by atoms with Crippen LogP contribution in [-0.2, 0) is 4.79 Å². The number of carbonyl (C=O) groups is 1. The second kappa shape index (κ2) is 4.64. The first-order chi connectivity index (χ1) is 11.0. The third-order valence-electron chi connectivity index (χ3n) is 8.56. The Morgan fingerprint density at radius 3 is 2.22 bits per heavy atom. The maximum Gasteiger partial charge on any atom is 0.226 e. The molecule has 5 fully saturated rings. The summed E-state index contributed by atoms with van der Waals surface area (Å²) in [5, 5.41) is 3.40. The standard InChI is InChI=1S/C21H31NO/c1-20(2)17-4-3-16(18(20)8-17)12-22-19(23)21-9-13-5-14(10-21)7-15(6-13)11-21/h3,13-15,17-18H,4-12H2,1-2H3,(H,22,23)/t13?,14?,15?,17-,18-,21?/m1/s1. The molecule has 7 rings (SSSR count). The van der Waals surface area contributed by atoms with Crippen LogP contribution < -0.4 is 5.32 Å². The average Bonchev–Trinajstić information content (AvgIpc) is 2.51. The van der Waals surface area contributed by atoms with E-state index in [1.165, 1.54) is 56.9 Å². The van der Waals surface area contributed by atoms with Crippen LogP contribution >= 0.6 is 0 Å². The van der Waals surface area contributed by atoms with Gasteiger partial charge in [0.25, 0.3) is 0 Å². The van der Waals surface area contributed by atoms with E-state index in [1.807, 2.05) is 0 Å². The predicted molar refractivity (Wildman–Crippen MR) is 91.7 cm³/mol. The van der Waals surface area contributed by atoms with Gasteiger partial charge in [-0.25, -0.2) is 0 Å². The zero-order valence-electron chi connectivity index (χ0n) is 14.7. The molecule has 0 heterocycles. The van der Waals surface area contributed by atoms with Crippen molar-refractivity contribution in [2.45, 2.75) is 65.2 Å². The van der Waals surface area contributed by atoms with Gasteiger partial charge in [-0.2, -0.15) is 0 Å². The highest BCUT2D eigenvalue weighted by atomic mass is 16.2. The van der Waals surface area contributed by atoms with E-state index in [1.54, 1.807) is 0 Å². The van der Waals surface area contributed by atoms with Gasteiger partial charge in [-0.1, -0.05) is 25.5 Å². The van der Waals surface area contributed by atoms with Crippen molar-refractivity contribution in [3.05, 3.63) is 11.6 Å². The Balaban J connectivity index is 1.27. The van der Waals surface area contributed by atoms with E-state index in [2.05, 4.69) is 25.2 Å². The third-order valence-corrected chi connectivity index (χ3v) is 8.56. The van der Waals surface area contributed by atoms with Crippen molar-refractivity contribution < 1.29 is 4.79 Å². The molecule has 0 spiro atoms. The molecule has 0 radical (unpaired) electrons. The zero-order valence-corrected chi connectivity index (χ0v) is 14.7. The number of carbonyl (C=O) groups excluding carboxylic acids is 1. The molecular weight excluding hydrogens is 282 g/mol. The van der Waals surface area contributed by atoms with Crippen molar-refractivity contribution in [3.8, 4) is 0 Å². The molecule has 0 saturated heterocycles. The van der Waals surface area contributed by atoms with Crippen molar-refractivity contribution in [2.75, 3.05) is 6.54 Å². The minimum absolute atomic E-state index is 0.0155. The normalized spacial score (nSPS) is 48.6. The first kappa shape index (κ1) is 14.5. The molecule has 2 nitrogen and oxygen atoms in total. The summed E-state index contributed by atoms with van der Waals surface area (Å²) in [5.74, 6) is 4.57. The topological polar surface area (TPSA) is 29.1 Å². The molecule has 0 aromatic rings. The van der Waals surface area contributed by atoms with Crippen LogP contribution in [-0.4, -0.2) is 12.5 Å². The summed E-state index contributed by atoms with van der Waals surface area (Å²) < 4.78 is 0. The van der Waals surface area contributed by atoms with Crippen LogP contribution in [0.15, 0.2) is 11.6 Å². The first-order valence-electron chi connectivity index (χ1n) is 9.93. The van der Waals surface area contributed by atoms with Gasteiger partial charge in [0.05, 0.1) is 0 Å². The number of amides is 1. The lowest BCUT2D eigenvalue weighted by Gasteiger charge is -2.57. The summed E-state index contributed by atoms with van der Waals surface area (Å²) in [6.07, 6.45) is 12.8. The molecule has 2 atom stereocenters. The highest BCUT2D eigenvalue weighted by molar-refractivity contribution is 5.83. The molecule has 1 amide bonds. The van der Waals surface area contributed by atoms with Gasteiger partial charge in [0.15, 0.2) is 0 Å². The van der Waals surface area contributed by atoms with Crippen molar-refractivity contribution in [2.24, 2.45) is 40.4 Å². The lowest BCUT2D eigenvalue weighted by molar-refractivity contribution is -0.146. The molecule has 5 saturated carbocycles. The smallest absolute Gasteiger partial charge is 0.226 e. The Kier molecular flexibility index (Phi) is 2.93. The molecular formula is C21H31NO. The van der Waals surface area contributed by atoms with E-state index in [9.17, 15) is 4.79 Å². The molecule has 2 heteroatoms. The van der Waals surface area contributed by atoms with Gasteiger partial charge in [-0.05, 0) is 86.4 Å². The monoisotopic (exact) mass is 313 g/mol. The molecule has 7 aliphatic rings. The second-order valence-corrected chi connectivity index (χ2v) is 10.2. The van der Waals surface area contributed by atoms with Gasteiger partial charge < -0.3 is 5.32 Å². The van der Waals surface area contributed by atoms with Crippen LogP contribution in [0.4, 0.5) is 0 Å². The van der Waals surface area contributed by atoms with Crippen LogP contribution in [0.25, 0.3) is 0 Å². The number of hydrogen-bond acceptors (Lipinski definition) is 1. The number of allylic oxidation sites excluding steroid dienone is 1. The van der Waals surface area contributed by atoms with Gasteiger partial charge in [0.1, 0.15) is 0 Å². The van der Waals surface area contributed by atoms with Crippen molar-refractivity contribution >= 4 is 5.91 Å². The van der Waals surface area contributed by atoms with E-state index in [0.717, 1.165) is 36.1 Å². The Morgan fingerprint density at radius 1 is 1.09 bits per heavy atom. The fraction of sp³-hybridized carbons (Fsp3) is 0.857. The van der Waals surface area contributed by atoms with Gasteiger partial charge in [0, 0.05) is 12.0 Å². The van der Waals surface area contributed by atoms with Crippen molar-refractivity contribution in [3.63, 3.8) is 0 Å². The third kappa shape index (κ3) is 2.02. The van der Waals surface area contributed by atoms with Gasteiger partial charge in [-0.15, -0.1) is 0 Å². The van der Waals surface area contributed by atoms with Crippen molar-refractivity contribution in [1.29, 1.82) is 0 Å². The molecule has 0 aromatic carbocycles. The molecule has 6 bridgehead atoms. The SMILES string of the molecule is CC1(C)[C@@H]2CC=C(CNC(=O)C34CC5CC(CC(C5)C3)C4)[C@H]1C2. The number of fused-ring (bicyclic) bond motifs is 1. The van der Waals surface area contributed by atoms with Crippen molar-refractivity contribution in [1.82, 2.24) is 5.32 Å². The van der Waals surface area contributed by atoms with Gasteiger partial charge >= 0.3 is 0 Å². The molecule has 0 aromatic heterocycles. The Hall–Kier alpha value is -0.790. The Morgan fingerprint density at radius 2 is 1.70 bits per heavy atom. The average molecular weight is 313 g/mol. The highest BCUT2D eigenvalue weighted by Crippen LogP contribution is 2.61. The number of hydrogen-bond donors (Lipinski definition) is 1. The quantitative estimate of drug-likeness (QED) is 0.773. The first-order valence-corrected chi connectivity index (χ1v) is 9.93. The molecule has 0 unspecified atom stereocenters. The minimum Gasteiger partial charge on any atom is -0.352 e. The van der Waals surface area contributed by atoms with Crippen LogP contribution in [0.3, 0.4) is 0 Å². The van der Waals surface area contributed by atoms with Crippen LogP contribution in [0, 0.1) is 40.4 Å². The van der Waals surface area contributed by atoms with E-state index in [4.69, 9.17) is 0 Å². The van der Waals surface area contributed by atoms with E-state index >= 15 is 0 Å². The maximum absolute atomic E-state index is 13.1. The van der Waals surface area contributed by atoms with E-state index < -0.39 is 0 Å². The largest absolute Gasteiger partial charge is 0.352 e. The molecule has 1 N–H and O–H groups in total. The second-order valence-electron chi connectivity index (χ2n) is 10.2. The Labute approximate surface area is 140 Å². The molecule has 23 heavy (non-hydrogen) atoms. The van der Waals surface area contributed by atoms with Gasteiger partial charge in [-0.3, -0.25) is 4.79 Å². The highest BCUT2D eigenvalue weighted by Gasteiger charge is 2.55. The van der Waals surface area contributed by atoms with E-state index in [0.29, 0.717) is 11.3 Å². The summed E-state index contributed by atoms with van der Waals surface area (Å²) in [7, 11) is 0. The lowest BCUT2D eigenvalue weighted by Crippen LogP contribution is -2.55. The fourth-order valence-electron chi connectivity index (χ4n) is 7.44. The van der Waals surface area contributed by atoms with E-state index in [-0.39, 0.29) is 5.41 Å². The molecule has 0 aliphatic heterocycles. The number of rotatable bonds is 3. The van der Waals surface area contributed by atoms with Gasteiger partial charge in [0.2, 0.25) is 5.91 Å². The molecule has 7 aliphatic carbocycles. The summed E-state index contributed by atoms with van der Waals surface area (Å²) in [6, 6.07) is 0. The lowest BCUT2D eigenvalue weighted by atomic mass is 9.48. The number of nitrogens with one attached hydrogen (secondary N) is 1. The van der Waals surface area contributed by atoms with Crippen LogP contribution in [0.5, 0.6) is 0 Å². The summed E-state index contributed by atoms with van der Waals surface area (Å²) >= 11 is 0. The predicted octanol–water partition coefficient (Wildman–Crippen LogP) is 4.31. The minimum atomic E-state index is 0.0155. The zero-order chi connectivity index (χ0) is 15.8. The summed E-state index contributed by atoms with van der Waals surface area (Å²) in [5.41, 5.74) is 2.01. The maximum atomic E-state index is 13.1. The summed E-state index contributed by atoms with van der Waals surface area (Å²) in [4.78, 5) is 13.1. The molecule has 126 valence electrons. The fourth-order valence-corrected chi connectivity index (χ4v) is 7.44.